The Morgan fingerprint density at radius 3 is 2.59 bits per heavy atom. The van der Waals surface area contributed by atoms with Gasteiger partial charge in [-0.1, -0.05) is 0 Å². The minimum absolute atomic E-state index is 0.00358. The number of carbonyl (C=O) groups is 1. The van der Waals surface area contributed by atoms with Gasteiger partial charge in [0.15, 0.2) is 0 Å². The molecule has 0 radical (unpaired) electrons. The van der Waals surface area contributed by atoms with Crippen molar-refractivity contribution in [1.29, 1.82) is 0 Å². The molecule has 1 amide bonds. The molecule has 5 nitrogen and oxygen atoms in total. The van der Waals surface area contributed by atoms with Crippen LogP contribution in [0.3, 0.4) is 0 Å². The van der Waals surface area contributed by atoms with Crippen LogP contribution in [0, 0.1) is 13.8 Å². The average Bonchev–Trinajstić information content (AvgIpc) is 2.71. The number of hydrogen-bond donors (Lipinski definition) is 3. The normalized spacial score (nSPS) is 11.5. The number of carbonyl (C=O) groups excluding carboxylic acids is 1. The third-order valence-electron chi connectivity index (χ3n) is 3.20. The highest BCUT2D eigenvalue weighted by Crippen LogP contribution is 2.37. The van der Waals surface area contributed by atoms with Gasteiger partial charge in [-0.05, 0) is 32.0 Å². The molecule has 0 saturated carbocycles. The van der Waals surface area contributed by atoms with Crippen molar-refractivity contribution in [1.82, 2.24) is 10.2 Å². The highest BCUT2D eigenvalue weighted by atomic mass is 19.4. The minimum Gasteiger partial charge on any atom is -0.507 e. The van der Waals surface area contributed by atoms with Gasteiger partial charge in [-0.3, -0.25) is 9.89 Å². The number of nitrogens with one attached hydrogen (secondary N) is 2. The van der Waals surface area contributed by atoms with Crippen LogP contribution in [0.5, 0.6) is 5.75 Å². The van der Waals surface area contributed by atoms with Crippen LogP contribution in [0.15, 0.2) is 18.2 Å². The number of hydrogen-bond acceptors (Lipinski definition) is 3. The summed E-state index contributed by atoms with van der Waals surface area (Å²) in [5.74, 6) is -1.35. The van der Waals surface area contributed by atoms with Crippen LogP contribution in [0.1, 0.15) is 22.5 Å². The van der Waals surface area contributed by atoms with Crippen LogP contribution < -0.4 is 5.32 Å². The minimum atomic E-state index is -4.69. The number of aromatic amines is 1. The van der Waals surface area contributed by atoms with E-state index in [-0.39, 0.29) is 12.1 Å². The van der Waals surface area contributed by atoms with E-state index in [1.807, 2.05) is 0 Å². The number of amides is 1. The predicted octanol–water partition coefficient (Wildman–Crippen LogP) is 2.93. The molecule has 0 fully saturated rings. The van der Waals surface area contributed by atoms with Gasteiger partial charge in [0.2, 0.25) is 5.91 Å². The predicted molar refractivity (Wildman–Crippen MR) is 73.5 cm³/mol. The highest BCUT2D eigenvalue weighted by Gasteiger charge is 2.34. The second kappa shape index (κ2) is 5.70. The molecule has 0 aliphatic carbocycles. The summed E-state index contributed by atoms with van der Waals surface area (Å²) in [6, 6.07) is 2.80. The first kappa shape index (κ1) is 15.9. The number of benzene rings is 1. The molecule has 118 valence electrons. The lowest BCUT2D eigenvalue weighted by atomic mass is 10.1. The Labute approximate surface area is 124 Å². The molecule has 2 rings (SSSR count). The van der Waals surface area contributed by atoms with Gasteiger partial charge < -0.3 is 10.4 Å². The molecule has 0 aliphatic heterocycles. The summed E-state index contributed by atoms with van der Waals surface area (Å²) in [5, 5.41) is 18.3. The highest BCUT2D eigenvalue weighted by molar-refractivity contribution is 5.92. The Bertz CT molecular complexity index is 688. The number of rotatable bonds is 3. The largest absolute Gasteiger partial charge is 0.507 e. The van der Waals surface area contributed by atoms with Crippen molar-refractivity contribution in [2.24, 2.45) is 0 Å². The summed E-state index contributed by atoms with van der Waals surface area (Å²) >= 11 is 0. The van der Waals surface area contributed by atoms with Gasteiger partial charge in [0.25, 0.3) is 0 Å². The van der Waals surface area contributed by atoms with Gasteiger partial charge in [-0.2, -0.15) is 18.3 Å². The fraction of sp³-hybridized carbons (Fsp3) is 0.286. The second-order valence-corrected chi connectivity index (χ2v) is 4.87. The van der Waals surface area contributed by atoms with Crippen molar-refractivity contribution in [2.75, 3.05) is 5.32 Å². The van der Waals surface area contributed by atoms with Crippen LogP contribution in [0.25, 0.3) is 0 Å². The second-order valence-electron chi connectivity index (χ2n) is 4.87. The van der Waals surface area contributed by atoms with Gasteiger partial charge in [-0.15, -0.1) is 0 Å². The van der Waals surface area contributed by atoms with E-state index in [9.17, 15) is 23.1 Å². The Kier molecular flexibility index (Phi) is 4.11. The van der Waals surface area contributed by atoms with Crippen molar-refractivity contribution in [3.8, 4) is 5.75 Å². The molecule has 0 spiro atoms. The van der Waals surface area contributed by atoms with Crippen molar-refractivity contribution in [3.05, 3.63) is 40.7 Å². The van der Waals surface area contributed by atoms with E-state index < -0.39 is 23.4 Å². The van der Waals surface area contributed by atoms with Crippen LogP contribution in [-0.4, -0.2) is 21.2 Å². The number of aromatic hydroxyl groups is 1. The maximum Gasteiger partial charge on any atom is 0.420 e. The van der Waals surface area contributed by atoms with Crippen LogP contribution in [0.4, 0.5) is 18.9 Å². The maximum absolute atomic E-state index is 12.7. The van der Waals surface area contributed by atoms with E-state index in [1.54, 1.807) is 13.8 Å². The number of anilines is 1. The third kappa shape index (κ3) is 3.38. The van der Waals surface area contributed by atoms with Crippen LogP contribution >= 0.6 is 0 Å². The summed E-state index contributed by atoms with van der Waals surface area (Å²) in [7, 11) is 0. The number of phenols is 1. The van der Waals surface area contributed by atoms with Crippen molar-refractivity contribution in [2.45, 2.75) is 26.4 Å². The standard InChI is InChI=1S/C14H14F3N3O2/c1-7-10(8(2)20-19-7)6-13(22)18-9-3-4-12(21)11(5-9)14(15,16)17/h3-5,21H,6H2,1-2H3,(H,18,22)(H,19,20). The zero-order chi connectivity index (χ0) is 16.5. The topological polar surface area (TPSA) is 78.0 Å². The molecule has 1 aromatic carbocycles. The van der Waals surface area contributed by atoms with Gasteiger partial charge in [0.05, 0.1) is 17.7 Å². The molecule has 0 bridgehead atoms. The van der Waals surface area contributed by atoms with Crippen LogP contribution in [-0.2, 0) is 17.4 Å². The smallest absolute Gasteiger partial charge is 0.420 e. The molecule has 0 atom stereocenters. The number of halogens is 3. The molecule has 2 aromatic rings. The number of phenolic OH excluding ortho intramolecular Hbond substituents is 1. The fourth-order valence-corrected chi connectivity index (χ4v) is 2.04. The summed E-state index contributed by atoms with van der Waals surface area (Å²) < 4.78 is 38.1. The summed E-state index contributed by atoms with van der Waals surface area (Å²) in [6.45, 7) is 3.49. The van der Waals surface area contributed by atoms with Gasteiger partial charge in [-0.25, -0.2) is 0 Å². The third-order valence-corrected chi connectivity index (χ3v) is 3.20. The Hall–Kier alpha value is -2.51. The van der Waals surface area contributed by atoms with E-state index in [1.165, 1.54) is 6.07 Å². The number of alkyl halides is 3. The summed E-state index contributed by atoms with van der Waals surface area (Å²) in [6.07, 6.45) is -4.70. The molecule has 0 aliphatic rings. The molecule has 1 aromatic heterocycles. The van der Waals surface area contributed by atoms with E-state index in [0.29, 0.717) is 17.3 Å². The van der Waals surface area contributed by atoms with Gasteiger partial charge in [0, 0.05) is 16.9 Å². The summed E-state index contributed by atoms with van der Waals surface area (Å²) in [4.78, 5) is 11.9. The monoisotopic (exact) mass is 313 g/mol. The van der Waals surface area contributed by atoms with Crippen LogP contribution in [0.2, 0.25) is 0 Å². The lowest BCUT2D eigenvalue weighted by molar-refractivity contribution is -0.138. The molecule has 22 heavy (non-hydrogen) atoms. The van der Waals surface area contributed by atoms with E-state index in [4.69, 9.17) is 0 Å². The Morgan fingerprint density at radius 2 is 2.05 bits per heavy atom. The zero-order valence-corrected chi connectivity index (χ0v) is 11.9. The molecule has 3 N–H and O–H groups in total. The molecule has 1 heterocycles. The number of aryl methyl sites for hydroxylation is 2. The summed E-state index contributed by atoms with van der Waals surface area (Å²) in [5.41, 5.74) is 0.867. The van der Waals surface area contributed by atoms with E-state index in [2.05, 4.69) is 15.5 Å². The quantitative estimate of drug-likeness (QED) is 0.762. The van der Waals surface area contributed by atoms with Gasteiger partial charge in [0.1, 0.15) is 5.75 Å². The first-order valence-corrected chi connectivity index (χ1v) is 6.39. The number of H-pyrrole nitrogens is 1. The molecule has 0 saturated heterocycles. The Morgan fingerprint density at radius 1 is 1.36 bits per heavy atom. The molecular weight excluding hydrogens is 299 g/mol. The SMILES string of the molecule is Cc1n[nH]c(C)c1CC(=O)Nc1ccc(O)c(C(F)(F)F)c1. The van der Waals surface area contributed by atoms with Crippen molar-refractivity contribution >= 4 is 11.6 Å². The molecular formula is C14H14F3N3O2. The molecule has 8 heteroatoms. The first-order chi connectivity index (χ1) is 10.2. The number of aromatic nitrogens is 2. The van der Waals surface area contributed by atoms with Crippen molar-refractivity contribution in [3.63, 3.8) is 0 Å². The average molecular weight is 313 g/mol. The zero-order valence-electron chi connectivity index (χ0n) is 11.9. The lowest BCUT2D eigenvalue weighted by Gasteiger charge is -2.11. The van der Waals surface area contributed by atoms with E-state index in [0.717, 1.165) is 11.8 Å². The first-order valence-electron chi connectivity index (χ1n) is 6.39. The van der Waals surface area contributed by atoms with Crippen molar-refractivity contribution < 1.29 is 23.1 Å². The maximum atomic E-state index is 12.7. The Balaban J connectivity index is 2.16. The molecule has 0 unspecified atom stereocenters. The van der Waals surface area contributed by atoms with E-state index >= 15 is 0 Å². The number of nitrogens with zero attached hydrogens (tertiary/aromatic N) is 1. The van der Waals surface area contributed by atoms with Gasteiger partial charge >= 0.3 is 6.18 Å². The fourth-order valence-electron chi connectivity index (χ4n) is 2.04. The lowest BCUT2D eigenvalue weighted by Crippen LogP contribution is -2.16.